The van der Waals surface area contributed by atoms with Gasteiger partial charge in [-0.2, -0.15) is 0 Å². The molecule has 0 saturated carbocycles. The number of fused-ring (bicyclic) bond motifs is 1. The van der Waals surface area contributed by atoms with Gasteiger partial charge in [-0.05, 0) is 21.5 Å². The molecule has 3 aromatic heterocycles. The number of aromatic nitrogens is 4. The SMILES string of the molecule is CC(C)c1nc(CN2CCN(c3c(Br)cnc4[nH]c(-c5ccc(CN6CCOCC6)cc5)nc34)CC2)co1. The Labute approximate surface area is 231 Å². The van der Waals surface area contributed by atoms with Crippen molar-refractivity contribution in [2.75, 3.05) is 57.4 Å². The van der Waals surface area contributed by atoms with Crippen molar-refractivity contribution in [2.24, 2.45) is 0 Å². The summed E-state index contributed by atoms with van der Waals surface area (Å²) in [6.07, 6.45) is 3.67. The van der Waals surface area contributed by atoms with E-state index in [1.54, 1.807) is 6.26 Å². The molecule has 9 nitrogen and oxygen atoms in total. The van der Waals surface area contributed by atoms with E-state index < -0.39 is 0 Å². The second-order valence-corrected chi connectivity index (χ2v) is 11.3. The molecule has 38 heavy (non-hydrogen) atoms. The third-order valence-corrected chi connectivity index (χ3v) is 7.90. The lowest BCUT2D eigenvalue weighted by molar-refractivity contribution is 0.0342. The number of hydrogen-bond donors (Lipinski definition) is 1. The zero-order chi connectivity index (χ0) is 26.1. The maximum atomic E-state index is 5.62. The topological polar surface area (TPSA) is 86.6 Å². The van der Waals surface area contributed by atoms with Crippen LogP contribution in [0, 0.1) is 0 Å². The molecule has 1 N–H and O–H groups in total. The minimum atomic E-state index is 0.304. The summed E-state index contributed by atoms with van der Waals surface area (Å²) >= 11 is 3.75. The summed E-state index contributed by atoms with van der Waals surface area (Å²) in [4.78, 5) is 25.0. The van der Waals surface area contributed by atoms with Crippen LogP contribution in [-0.4, -0.2) is 82.2 Å². The Morgan fingerprint density at radius 3 is 2.39 bits per heavy atom. The Balaban J connectivity index is 1.15. The lowest BCUT2D eigenvalue weighted by Crippen LogP contribution is -2.46. The number of aromatic amines is 1. The first-order valence-electron chi connectivity index (χ1n) is 13.4. The highest BCUT2D eigenvalue weighted by atomic mass is 79.9. The van der Waals surface area contributed by atoms with Gasteiger partial charge in [0.25, 0.3) is 0 Å². The first-order valence-corrected chi connectivity index (χ1v) is 14.2. The molecule has 4 aromatic rings. The third-order valence-electron chi connectivity index (χ3n) is 7.32. The second-order valence-electron chi connectivity index (χ2n) is 10.4. The van der Waals surface area contributed by atoms with Crippen molar-refractivity contribution in [2.45, 2.75) is 32.9 Å². The average molecular weight is 581 g/mol. The number of benzene rings is 1. The Morgan fingerprint density at radius 2 is 1.68 bits per heavy atom. The van der Waals surface area contributed by atoms with E-state index in [9.17, 15) is 0 Å². The Kier molecular flexibility index (Phi) is 7.47. The molecule has 5 heterocycles. The van der Waals surface area contributed by atoms with Crippen LogP contribution in [0.1, 0.15) is 36.9 Å². The van der Waals surface area contributed by atoms with E-state index >= 15 is 0 Å². The van der Waals surface area contributed by atoms with Crippen molar-refractivity contribution >= 4 is 32.8 Å². The Hall–Kier alpha value is -2.79. The van der Waals surface area contributed by atoms with Crippen LogP contribution < -0.4 is 4.90 Å². The number of rotatable bonds is 7. The minimum Gasteiger partial charge on any atom is -0.448 e. The molecule has 2 aliphatic rings. The molecule has 0 spiro atoms. The quantitative estimate of drug-likeness (QED) is 0.338. The number of morpholine rings is 1. The summed E-state index contributed by atoms with van der Waals surface area (Å²) in [6.45, 7) is 13.3. The molecule has 2 aliphatic heterocycles. The molecule has 6 rings (SSSR count). The van der Waals surface area contributed by atoms with E-state index in [1.807, 2.05) is 6.20 Å². The number of halogens is 1. The lowest BCUT2D eigenvalue weighted by Gasteiger charge is -2.36. The molecule has 1 aromatic carbocycles. The minimum absolute atomic E-state index is 0.304. The normalized spacial score (nSPS) is 17.6. The zero-order valence-corrected chi connectivity index (χ0v) is 23.6. The van der Waals surface area contributed by atoms with Gasteiger partial charge in [-0.3, -0.25) is 9.80 Å². The average Bonchev–Trinajstić information content (AvgIpc) is 3.58. The molecule has 10 heteroatoms. The highest BCUT2D eigenvalue weighted by Crippen LogP contribution is 2.34. The molecule has 0 radical (unpaired) electrons. The summed E-state index contributed by atoms with van der Waals surface area (Å²) in [5, 5.41) is 0. The number of hydrogen-bond acceptors (Lipinski definition) is 8. The molecular weight excluding hydrogens is 546 g/mol. The summed E-state index contributed by atoms with van der Waals surface area (Å²) < 4.78 is 12.1. The van der Waals surface area contributed by atoms with E-state index in [4.69, 9.17) is 14.1 Å². The van der Waals surface area contributed by atoms with Crippen LogP contribution >= 0.6 is 15.9 Å². The fraction of sp³-hybridized carbons (Fsp3) is 0.464. The molecule has 0 bridgehead atoms. The van der Waals surface area contributed by atoms with Gasteiger partial charge in [0, 0.05) is 70.0 Å². The molecule has 0 aliphatic carbocycles. The molecule has 200 valence electrons. The van der Waals surface area contributed by atoms with Crippen molar-refractivity contribution in [1.82, 2.24) is 29.7 Å². The summed E-state index contributed by atoms with van der Waals surface area (Å²) in [6, 6.07) is 8.69. The van der Waals surface area contributed by atoms with Gasteiger partial charge in [-0.25, -0.2) is 15.0 Å². The van der Waals surface area contributed by atoms with Crippen LogP contribution in [0.3, 0.4) is 0 Å². The molecular formula is C28H34BrN7O2. The monoisotopic (exact) mass is 579 g/mol. The Bertz CT molecular complexity index is 1370. The summed E-state index contributed by atoms with van der Waals surface area (Å²) in [7, 11) is 0. The second kappa shape index (κ2) is 11.1. The van der Waals surface area contributed by atoms with Crippen molar-refractivity contribution in [3.05, 3.63) is 58.3 Å². The zero-order valence-electron chi connectivity index (χ0n) is 22.0. The largest absolute Gasteiger partial charge is 0.448 e. The number of piperazine rings is 1. The number of pyridine rings is 1. The fourth-order valence-corrected chi connectivity index (χ4v) is 5.70. The van der Waals surface area contributed by atoms with Crippen LogP contribution in [0.4, 0.5) is 5.69 Å². The van der Waals surface area contributed by atoms with E-state index in [0.717, 1.165) is 110 Å². The van der Waals surface area contributed by atoms with Gasteiger partial charge < -0.3 is 19.0 Å². The van der Waals surface area contributed by atoms with Gasteiger partial charge in [0.2, 0.25) is 0 Å². The molecule has 0 amide bonds. The molecule has 2 fully saturated rings. The summed E-state index contributed by atoms with van der Waals surface area (Å²) in [5.41, 5.74) is 6.18. The standard InChI is InChI=1S/C28H34BrN7O2/c1-19(2)28-31-22(18-38-28)17-34-7-9-36(10-8-34)25-23(29)15-30-27-24(25)32-26(33-27)21-5-3-20(4-6-21)16-35-11-13-37-14-12-35/h3-6,15,18-19H,7-14,16-17H2,1-2H3,(H,30,32,33). The molecule has 0 unspecified atom stereocenters. The van der Waals surface area contributed by atoms with Gasteiger partial charge >= 0.3 is 0 Å². The maximum Gasteiger partial charge on any atom is 0.196 e. The van der Waals surface area contributed by atoms with Gasteiger partial charge in [-0.1, -0.05) is 38.1 Å². The number of oxazole rings is 1. The number of H-pyrrole nitrogens is 1. The fourth-order valence-electron chi connectivity index (χ4n) is 5.16. The van der Waals surface area contributed by atoms with Gasteiger partial charge in [-0.15, -0.1) is 0 Å². The van der Waals surface area contributed by atoms with Crippen LogP contribution in [0.5, 0.6) is 0 Å². The smallest absolute Gasteiger partial charge is 0.196 e. The lowest BCUT2D eigenvalue weighted by atomic mass is 10.1. The molecule has 2 saturated heterocycles. The molecule has 0 atom stereocenters. The van der Waals surface area contributed by atoms with Gasteiger partial charge in [0.15, 0.2) is 11.5 Å². The van der Waals surface area contributed by atoms with Crippen LogP contribution in [0.2, 0.25) is 0 Å². The highest BCUT2D eigenvalue weighted by Gasteiger charge is 2.24. The van der Waals surface area contributed by atoms with Gasteiger partial charge in [0.1, 0.15) is 17.6 Å². The number of ether oxygens (including phenoxy) is 1. The van der Waals surface area contributed by atoms with Crippen molar-refractivity contribution in [1.29, 1.82) is 0 Å². The first kappa shape index (κ1) is 25.5. The van der Waals surface area contributed by atoms with Crippen LogP contribution in [0.25, 0.3) is 22.6 Å². The maximum absolute atomic E-state index is 5.62. The first-order chi connectivity index (χ1) is 18.5. The number of nitrogens with one attached hydrogen (secondary N) is 1. The van der Waals surface area contributed by atoms with E-state index in [-0.39, 0.29) is 0 Å². The predicted molar refractivity (Wildman–Crippen MR) is 151 cm³/mol. The van der Waals surface area contributed by atoms with Crippen LogP contribution in [0.15, 0.2) is 45.6 Å². The number of imidazole rings is 1. The Morgan fingerprint density at radius 1 is 0.947 bits per heavy atom. The number of anilines is 1. The predicted octanol–water partition coefficient (Wildman–Crippen LogP) is 4.65. The van der Waals surface area contributed by atoms with E-state index in [0.29, 0.717) is 5.92 Å². The van der Waals surface area contributed by atoms with Crippen molar-refractivity contribution in [3.63, 3.8) is 0 Å². The third kappa shape index (κ3) is 5.49. The van der Waals surface area contributed by atoms with Crippen molar-refractivity contribution in [3.8, 4) is 11.4 Å². The highest BCUT2D eigenvalue weighted by molar-refractivity contribution is 9.10. The van der Waals surface area contributed by atoms with Crippen LogP contribution in [-0.2, 0) is 17.8 Å². The number of nitrogens with zero attached hydrogens (tertiary/aromatic N) is 6. The van der Waals surface area contributed by atoms with E-state index in [2.05, 4.69) is 83.7 Å². The summed E-state index contributed by atoms with van der Waals surface area (Å²) in [5.74, 6) is 1.96. The van der Waals surface area contributed by atoms with Crippen molar-refractivity contribution < 1.29 is 9.15 Å². The van der Waals surface area contributed by atoms with Gasteiger partial charge in [0.05, 0.1) is 29.1 Å². The van der Waals surface area contributed by atoms with E-state index in [1.165, 1.54) is 5.56 Å².